The van der Waals surface area contributed by atoms with Crippen LogP contribution in [0.25, 0.3) is 0 Å². The highest BCUT2D eigenvalue weighted by atomic mass is 15.0. The molecule has 0 aliphatic carbocycles. The first kappa shape index (κ1) is 13.2. The predicted molar refractivity (Wildman–Crippen MR) is 63.7 cm³/mol. The maximum absolute atomic E-state index is 4.03. The molecule has 0 aromatic rings. The average Bonchev–Trinajstić information content (AvgIpc) is 2.17. The second-order valence-corrected chi connectivity index (χ2v) is 3.65. The molecule has 0 rings (SSSR count). The molecule has 2 N–H and O–H groups in total. The molecule has 0 atom stereocenters. The van der Waals surface area contributed by atoms with Gasteiger partial charge in [0.1, 0.15) is 0 Å². The van der Waals surface area contributed by atoms with Gasteiger partial charge in [0, 0.05) is 25.8 Å². The van der Waals surface area contributed by atoms with E-state index in [1.54, 1.807) is 7.05 Å². The smallest absolute Gasteiger partial charge is 0.0967 e. The summed E-state index contributed by atoms with van der Waals surface area (Å²) < 4.78 is 0. The number of amidine groups is 1. The third kappa shape index (κ3) is 6.66. The maximum atomic E-state index is 4.03. The van der Waals surface area contributed by atoms with Crippen LogP contribution in [-0.4, -0.2) is 25.5 Å². The van der Waals surface area contributed by atoms with Crippen molar-refractivity contribution >= 4 is 5.84 Å². The Hall–Kier alpha value is -0.830. The Morgan fingerprint density at radius 2 is 2.07 bits per heavy atom. The Kier molecular flexibility index (Phi) is 7.11. The first-order valence-corrected chi connectivity index (χ1v) is 5.21. The summed E-state index contributed by atoms with van der Waals surface area (Å²) >= 11 is 0. The van der Waals surface area contributed by atoms with Gasteiger partial charge in [0.15, 0.2) is 0 Å². The van der Waals surface area contributed by atoms with Crippen molar-refractivity contribution < 1.29 is 0 Å². The van der Waals surface area contributed by atoms with Crippen LogP contribution in [0, 0.1) is 0 Å². The molecule has 82 valence electrons. The molecule has 0 aliphatic heterocycles. The first-order chi connectivity index (χ1) is 6.60. The van der Waals surface area contributed by atoms with E-state index in [2.05, 4.69) is 36.4 Å². The lowest BCUT2D eigenvalue weighted by atomic mass is 10.2. The van der Waals surface area contributed by atoms with Gasteiger partial charge in [-0.1, -0.05) is 20.8 Å². The van der Waals surface area contributed by atoms with Gasteiger partial charge in [-0.25, -0.2) is 0 Å². The van der Waals surface area contributed by atoms with Crippen molar-refractivity contribution in [3.05, 3.63) is 11.8 Å². The molecule has 0 spiro atoms. The Labute approximate surface area is 87.7 Å². The van der Waals surface area contributed by atoms with Crippen LogP contribution in [0.3, 0.4) is 0 Å². The van der Waals surface area contributed by atoms with Gasteiger partial charge in [-0.05, 0) is 18.9 Å². The van der Waals surface area contributed by atoms with Crippen LogP contribution >= 0.6 is 0 Å². The Morgan fingerprint density at radius 3 is 2.50 bits per heavy atom. The van der Waals surface area contributed by atoms with Gasteiger partial charge in [0.2, 0.25) is 0 Å². The Bertz CT molecular complexity index is 205. The highest BCUT2D eigenvalue weighted by Crippen LogP contribution is 1.97. The molecule has 0 unspecified atom stereocenters. The fraction of sp³-hybridized carbons (Fsp3) is 0.727. The molecule has 0 amide bonds. The Morgan fingerprint density at radius 1 is 1.43 bits per heavy atom. The molecule has 0 saturated heterocycles. The summed E-state index contributed by atoms with van der Waals surface area (Å²) in [5, 5.41) is 6.55. The van der Waals surface area contributed by atoms with Crippen LogP contribution in [0.1, 0.15) is 34.1 Å². The van der Waals surface area contributed by atoms with E-state index in [0.717, 1.165) is 18.8 Å². The second-order valence-electron chi connectivity index (χ2n) is 3.65. The second kappa shape index (κ2) is 7.56. The van der Waals surface area contributed by atoms with E-state index in [4.69, 9.17) is 0 Å². The molecular weight excluding hydrogens is 174 g/mol. The fourth-order valence-electron chi connectivity index (χ4n) is 0.884. The largest absolute Gasteiger partial charge is 0.351 e. The van der Waals surface area contributed by atoms with E-state index in [1.165, 1.54) is 5.57 Å². The third-order valence-corrected chi connectivity index (χ3v) is 2.01. The summed E-state index contributed by atoms with van der Waals surface area (Å²) in [6.45, 7) is 9.37. The van der Waals surface area contributed by atoms with Gasteiger partial charge in [0.05, 0.1) is 5.84 Å². The van der Waals surface area contributed by atoms with Crippen molar-refractivity contribution in [3.63, 3.8) is 0 Å². The standard InChI is InChI=1S/C11H23N3/c1-6-11(7-13-9(2)3)8-14-10(4)12-5/h8-9,13H,6-7H2,1-5H3,(H,12,14). The minimum absolute atomic E-state index is 0.533. The molecule has 0 aromatic heterocycles. The predicted octanol–water partition coefficient (Wildman–Crippen LogP) is 1.92. The zero-order valence-corrected chi connectivity index (χ0v) is 10.0. The van der Waals surface area contributed by atoms with Gasteiger partial charge >= 0.3 is 0 Å². The van der Waals surface area contributed by atoms with Crippen LogP contribution in [0.5, 0.6) is 0 Å². The number of hydrogen-bond donors (Lipinski definition) is 2. The van der Waals surface area contributed by atoms with E-state index >= 15 is 0 Å². The zero-order chi connectivity index (χ0) is 11.0. The van der Waals surface area contributed by atoms with E-state index in [0.29, 0.717) is 6.04 Å². The molecule has 3 heteroatoms. The topological polar surface area (TPSA) is 36.4 Å². The van der Waals surface area contributed by atoms with E-state index in [1.807, 2.05) is 13.1 Å². The first-order valence-electron chi connectivity index (χ1n) is 5.21. The minimum atomic E-state index is 0.533. The molecular formula is C11H23N3. The lowest BCUT2D eigenvalue weighted by molar-refractivity contribution is 0.614. The lowest BCUT2D eigenvalue weighted by Crippen LogP contribution is -2.26. The van der Waals surface area contributed by atoms with Crippen LogP contribution in [0.15, 0.2) is 16.8 Å². The molecule has 0 bridgehead atoms. The average molecular weight is 197 g/mol. The van der Waals surface area contributed by atoms with Gasteiger partial charge in [-0.2, -0.15) is 0 Å². The van der Waals surface area contributed by atoms with Gasteiger partial charge in [-0.3, -0.25) is 4.99 Å². The highest BCUT2D eigenvalue weighted by Gasteiger charge is 1.96. The summed E-state index contributed by atoms with van der Waals surface area (Å²) in [7, 11) is 1.79. The third-order valence-electron chi connectivity index (χ3n) is 2.01. The molecule has 14 heavy (non-hydrogen) atoms. The molecule has 0 fully saturated rings. The fourth-order valence-corrected chi connectivity index (χ4v) is 0.884. The quantitative estimate of drug-likeness (QED) is 0.522. The van der Waals surface area contributed by atoms with Crippen molar-refractivity contribution in [1.82, 2.24) is 10.6 Å². The van der Waals surface area contributed by atoms with E-state index in [9.17, 15) is 0 Å². The van der Waals surface area contributed by atoms with Crippen LogP contribution in [0.2, 0.25) is 0 Å². The van der Waals surface area contributed by atoms with Crippen molar-refractivity contribution in [3.8, 4) is 0 Å². The number of hydrogen-bond acceptors (Lipinski definition) is 2. The summed E-state index contributed by atoms with van der Waals surface area (Å²) in [6, 6.07) is 0.533. The van der Waals surface area contributed by atoms with Gasteiger partial charge in [-0.15, -0.1) is 0 Å². The summed E-state index contributed by atoms with van der Waals surface area (Å²) in [5.74, 6) is 0.945. The summed E-state index contributed by atoms with van der Waals surface area (Å²) in [5.41, 5.74) is 1.36. The van der Waals surface area contributed by atoms with Crippen molar-refractivity contribution in [2.45, 2.75) is 40.2 Å². The molecule has 0 aliphatic rings. The van der Waals surface area contributed by atoms with E-state index in [-0.39, 0.29) is 0 Å². The van der Waals surface area contributed by atoms with Crippen molar-refractivity contribution in [2.24, 2.45) is 4.99 Å². The van der Waals surface area contributed by atoms with E-state index < -0.39 is 0 Å². The SMILES string of the molecule is CCC(=CNC(C)=NC)CNC(C)C. The molecule has 0 heterocycles. The molecule has 3 nitrogen and oxygen atoms in total. The number of nitrogens with one attached hydrogen (secondary N) is 2. The maximum Gasteiger partial charge on any atom is 0.0967 e. The van der Waals surface area contributed by atoms with Gasteiger partial charge in [0.25, 0.3) is 0 Å². The van der Waals surface area contributed by atoms with Crippen LogP contribution in [0.4, 0.5) is 0 Å². The van der Waals surface area contributed by atoms with Crippen LogP contribution in [-0.2, 0) is 0 Å². The lowest BCUT2D eigenvalue weighted by Gasteiger charge is -2.10. The number of aliphatic imine (C=N–C) groups is 1. The molecule has 0 radical (unpaired) electrons. The van der Waals surface area contributed by atoms with Gasteiger partial charge < -0.3 is 10.6 Å². The van der Waals surface area contributed by atoms with Crippen molar-refractivity contribution in [2.75, 3.05) is 13.6 Å². The molecule has 0 saturated carbocycles. The number of rotatable bonds is 5. The molecule has 0 aromatic carbocycles. The summed E-state index contributed by atoms with van der Waals surface area (Å²) in [6.07, 6.45) is 3.10. The Balaban J connectivity index is 3.99. The number of nitrogens with zero attached hydrogens (tertiary/aromatic N) is 1. The monoisotopic (exact) mass is 197 g/mol. The van der Waals surface area contributed by atoms with Crippen molar-refractivity contribution in [1.29, 1.82) is 0 Å². The highest BCUT2D eigenvalue weighted by molar-refractivity contribution is 5.80. The van der Waals surface area contributed by atoms with Crippen LogP contribution < -0.4 is 10.6 Å². The normalized spacial score (nSPS) is 13.6. The zero-order valence-electron chi connectivity index (χ0n) is 10.0. The summed E-state index contributed by atoms with van der Waals surface area (Å²) in [4.78, 5) is 4.03. The minimum Gasteiger partial charge on any atom is -0.351 e.